The minimum Gasteiger partial charge on any atom is -0.367 e. The van der Waals surface area contributed by atoms with Gasteiger partial charge in [0.1, 0.15) is 0 Å². The molecule has 21 heavy (non-hydrogen) atoms. The van der Waals surface area contributed by atoms with Crippen molar-refractivity contribution in [1.82, 2.24) is 0 Å². The molecule has 0 atom stereocenters. The summed E-state index contributed by atoms with van der Waals surface area (Å²) in [6.45, 7) is 1.43. The molecule has 6 heteroatoms. The van der Waals surface area contributed by atoms with Crippen molar-refractivity contribution >= 4 is 17.0 Å². The molecular weight excluding hydrogens is 297 g/mol. The van der Waals surface area contributed by atoms with Crippen molar-refractivity contribution < 1.29 is 13.2 Å². The number of thiophene rings is 1. The number of hydrogen-bond donors (Lipinski definition) is 0. The summed E-state index contributed by atoms with van der Waals surface area (Å²) in [6.07, 6.45) is -3.61. The summed E-state index contributed by atoms with van der Waals surface area (Å²) in [6, 6.07) is 7.47. The summed E-state index contributed by atoms with van der Waals surface area (Å²) in [7, 11) is 0. The molecule has 3 rings (SSSR count). The molecule has 2 nitrogen and oxygen atoms in total. The van der Waals surface area contributed by atoms with Crippen LogP contribution < -0.4 is 4.90 Å². The second-order valence-corrected chi connectivity index (χ2v) is 5.88. The number of nitrogens with zero attached hydrogens (tertiary/aromatic N) is 2. The first-order valence-electron chi connectivity index (χ1n) is 6.40. The number of benzene rings is 1. The van der Waals surface area contributed by atoms with Gasteiger partial charge in [-0.05, 0) is 41.6 Å². The highest BCUT2D eigenvalue weighted by Crippen LogP contribution is 2.35. The number of alkyl halides is 3. The number of rotatable bonds is 1. The molecule has 1 aromatic carbocycles. The maximum absolute atomic E-state index is 12.8. The molecule has 2 heterocycles. The summed E-state index contributed by atoms with van der Waals surface area (Å²) in [5.41, 5.74) is 0.680. The van der Waals surface area contributed by atoms with E-state index < -0.39 is 11.7 Å². The third-order valence-electron chi connectivity index (χ3n) is 3.60. The number of fused-ring (bicyclic) bond motifs is 1. The van der Waals surface area contributed by atoms with Crippen molar-refractivity contribution in [3.05, 3.63) is 51.2 Å². The van der Waals surface area contributed by atoms with Crippen LogP contribution in [0, 0.1) is 11.3 Å². The average molecular weight is 308 g/mol. The Labute approximate surface area is 124 Å². The Bertz CT molecular complexity index is 712. The van der Waals surface area contributed by atoms with Crippen LogP contribution in [-0.4, -0.2) is 6.54 Å². The predicted molar refractivity (Wildman–Crippen MR) is 75.2 cm³/mol. The van der Waals surface area contributed by atoms with Gasteiger partial charge in [-0.15, -0.1) is 11.3 Å². The van der Waals surface area contributed by atoms with E-state index in [0.717, 1.165) is 19.0 Å². The van der Waals surface area contributed by atoms with Crippen molar-refractivity contribution in [2.24, 2.45) is 0 Å². The van der Waals surface area contributed by atoms with Gasteiger partial charge in [-0.2, -0.15) is 18.4 Å². The maximum Gasteiger partial charge on any atom is 0.417 e. The normalized spacial score (nSPS) is 14.7. The Hall–Kier alpha value is -2.00. The smallest absolute Gasteiger partial charge is 0.367 e. The zero-order chi connectivity index (χ0) is 15.0. The predicted octanol–water partition coefficient (Wildman–Crippen LogP) is 4.20. The van der Waals surface area contributed by atoms with Crippen LogP contribution in [0.3, 0.4) is 0 Å². The van der Waals surface area contributed by atoms with Crippen LogP contribution in [0.1, 0.15) is 21.6 Å². The van der Waals surface area contributed by atoms with Gasteiger partial charge in [0, 0.05) is 23.7 Å². The van der Waals surface area contributed by atoms with Gasteiger partial charge in [0.2, 0.25) is 0 Å². The molecule has 0 saturated carbocycles. The molecular formula is C15H11F3N2S. The van der Waals surface area contributed by atoms with E-state index in [1.807, 2.05) is 16.3 Å². The van der Waals surface area contributed by atoms with Gasteiger partial charge in [0.15, 0.2) is 0 Å². The molecule has 0 bridgehead atoms. The maximum atomic E-state index is 12.8. The molecule has 1 aromatic heterocycles. The highest BCUT2D eigenvalue weighted by atomic mass is 32.1. The van der Waals surface area contributed by atoms with Crippen molar-refractivity contribution in [3.8, 4) is 6.07 Å². The van der Waals surface area contributed by atoms with E-state index in [-0.39, 0.29) is 5.56 Å². The summed E-state index contributed by atoms with van der Waals surface area (Å²) in [4.78, 5) is 3.34. The van der Waals surface area contributed by atoms with Gasteiger partial charge in [0.05, 0.1) is 17.2 Å². The van der Waals surface area contributed by atoms with Crippen molar-refractivity contribution in [3.63, 3.8) is 0 Å². The lowest BCUT2D eigenvalue weighted by molar-refractivity contribution is -0.137. The molecule has 0 spiro atoms. The first kappa shape index (κ1) is 14.0. The first-order chi connectivity index (χ1) is 9.99. The van der Waals surface area contributed by atoms with Crippen molar-refractivity contribution in [2.75, 3.05) is 11.4 Å². The first-order valence-corrected chi connectivity index (χ1v) is 7.28. The number of hydrogen-bond acceptors (Lipinski definition) is 3. The van der Waals surface area contributed by atoms with Crippen LogP contribution in [0.5, 0.6) is 0 Å². The van der Waals surface area contributed by atoms with Gasteiger partial charge in [0.25, 0.3) is 0 Å². The van der Waals surface area contributed by atoms with Crippen molar-refractivity contribution in [2.45, 2.75) is 19.1 Å². The van der Waals surface area contributed by atoms with Gasteiger partial charge < -0.3 is 4.90 Å². The third-order valence-corrected chi connectivity index (χ3v) is 4.62. The lowest BCUT2D eigenvalue weighted by Crippen LogP contribution is -2.29. The Morgan fingerprint density at radius 1 is 1.24 bits per heavy atom. The number of anilines is 1. The topological polar surface area (TPSA) is 27.0 Å². The molecule has 2 aromatic rings. The van der Waals surface area contributed by atoms with Crippen LogP contribution in [-0.2, 0) is 19.1 Å². The van der Waals surface area contributed by atoms with E-state index in [2.05, 4.69) is 0 Å². The van der Waals surface area contributed by atoms with Gasteiger partial charge in [-0.3, -0.25) is 0 Å². The zero-order valence-electron chi connectivity index (χ0n) is 10.9. The highest BCUT2D eigenvalue weighted by Gasteiger charge is 2.34. The Morgan fingerprint density at radius 3 is 2.76 bits per heavy atom. The third kappa shape index (κ3) is 2.61. The largest absolute Gasteiger partial charge is 0.417 e. The van der Waals surface area contributed by atoms with Crippen LogP contribution in [0.2, 0.25) is 0 Å². The van der Waals surface area contributed by atoms with Gasteiger partial charge >= 0.3 is 6.18 Å². The molecule has 0 aliphatic carbocycles. The second kappa shape index (κ2) is 5.08. The molecule has 0 radical (unpaired) electrons. The van der Waals surface area contributed by atoms with Crippen molar-refractivity contribution in [1.29, 1.82) is 5.26 Å². The Balaban J connectivity index is 1.93. The van der Waals surface area contributed by atoms with E-state index >= 15 is 0 Å². The molecule has 0 N–H and O–H groups in total. The second-order valence-electron chi connectivity index (χ2n) is 4.88. The van der Waals surface area contributed by atoms with E-state index in [1.54, 1.807) is 17.4 Å². The van der Waals surface area contributed by atoms with Crippen LogP contribution in [0.25, 0.3) is 0 Å². The molecule has 0 unspecified atom stereocenters. The molecule has 0 amide bonds. The standard InChI is InChI=1S/C15H11F3N2S/c16-15(17,18)13-2-1-12(7-11(13)8-19)20-5-3-14-10(9-20)4-6-21-14/h1-2,4,6-7H,3,5,9H2. The molecule has 1 aliphatic rings. The summed E-state index contributed by atoms with van der Waals surface area (Å²) in [5, 5.41) is 11.0. The molecule has 0 saturated heterocycles. The molecule has 1 aliphatic heterocycles. The number of halogens is 3. The SMILES string of the molecule is N#Cc1cc(N2CCc3sccc3C2)ccc1C(F)(F)F. The lowest BCUT2D eigenvalue weighted by Gasteiger charge is -2.29. The van der Waals surface area contributed by atoms with E-state index in [9.17, 15) is 13.2 Å². The van der Waals surface area contributed by atoms with E-state index in [4.69, 9.17) is 5.26 Å². The Kier molecular flexibility index (Phi) is 3.38. The summed E-state index contributed by atoms with van der Waals surface area (Å²) in [5.74, 6) is 0. The van der Waals surface area contributed by atoms with E-state index in [1.165, 1.54) is 22.6 Å². The minimum absolute atomic E-state index is 0.323. The fourth-order valence-electron chi connectivity index (χ4n) is 2.54. The fourth-order valence-corrected chi connectivity index (χ4v) is 3.43. The summed E-state index contributed by atoms with van der Waals surface area (Å²) < 4.78 is 38.4. The zero-order valence-corrected chi connectivity index (χ0v) is 11.8. The van der Waals surface area contributed by atoms with Crippen LogP contribution >= 0.6 is 11.3 Å². The van der Waals surface area contributed by atoms with Crippen LogP contribution in [0.15, 0.2) is 29.6 Å². The average Bonchev–Trinajstić information content (AvgIpc) is 2.93. The molecule has 108 valence electrons. The Morgan fingerprint density at radius 2 is 2.05 bits per heavy atom. The lowest BCUT2D eigenvalue weighted by atomic mass is 10.0. The quantitative estimate of drug-likeness (QED) is 0.789. The molecule has 0 fully saturated rings. The van der Waals surface area contributed by atoms with Gasteiger partial charge in [-0.1, -0.05) is 0 Å². The highest BCUT2D eigenvalue weighted by molar-refractivity contribution is 7.10. The van der Waals surface area contributed by atoms with Gasteiger partial charge in [-0.25, -0.2) is 0 Å². The summed E-state index contributed by atoms with van der Waals surface area (Å²) >= 11 is 1.71. The number of nitriles is 1. The minimum atomic E-state index is -4.49. The van der Waals surface area contributed by atoms with E-state index in [0.29, 0.717) is 12.2 Å². The fraction of sp³-hybridized carbons (Fsp3) is 0.267. The van der Waals surface area contributed by atoms with Crippen LogP contribution in [0.4, 0.5) is 18.9 Å². The monoisotopic (exact) mass is 308 g/mol.